The molecule has 0 aliphatic carbocycles. The number of aryl methyl sites for hydroxylation is 1. The van der Waals surface area contributed by atoms with Crippen LogP contribution in [0.15, 0.2) is 83.3 Å². The maximum atomic E-state index is 12.6. The van der Waals surface area contributed by atoms with E-state index in [9.17, 15) is 4.79 Å². The molecule has 10 heteroatoms. The molecule has 0 unspecified atom stereocenters. The summed E-state index contributed by atoms with van der Waals surface area (Å²) in [5.74, 6) is 1.08. The average molecular weight is 567 g/mol. The van der Waals surface area contributed by atoms with Gasteiger partial charge in [0.25, 0.3) is 5.91 Å². The molecular formula is C27H21Cl2N5OS2. The molecule has 5 rings (SSSR count). The monoisotopic (exact) mass is 565 g/mol. The van der Waals surface area contributed by atoms with Gasteiger partial charge in [-0.05, 0) is 42.8 Å². The third kappa shape index (κ3) is 6.22. The zero-order valence-corrected chi connectivity index (χ0v) is 22.8. The van der Waals surface area contributed by atoms with Crippen molar-refractivity contribution in [3.8, 4) is 5.69 Å². The van der Waals surface area contributed by atoms with E-state index in [1.165, 1.54) is 23.1 Å². The van der Waals surface area contributed by atoms with Crippen molar-refractivity contribution in [2.24, 2.45) is 0 Å². The topological polar surface area (TPSA) is 72.7 Å². The van der Waals surface area contributed by atoms with Gasteiger partial charge in [0, 0.05) is 17.5 Å². The smallest absolute Gasteiger partial charge is 0.275 e. The Morgan fingerprint density at radius 1 is 1.00 bits per heavy atom. The number of hydrogen-bond acceptors (Lipinski definition) is 6. The number of hydrogen-bond donors (Lipinski definition) is 1. The Morgan fingerprint density at radius 2 is 1.78 bits per heavy atom. The van der Waals surface area contributed by atoms with Crippen molar-refractivity contribution in [1.82, 2.24) is 19.7 Å². The maximum absolute atomic E-state index is 12.6. The zero-order chi connectivity index (χ0) is 25.8. The molecule has 6 nitrogen and oxygen atoms in total. The van der Waals surface area contributed by atoms with Crippen LogP contribution in [0.2, 0.25) is 10.0 Å². The van der Waals surface area contributed by atoms with E-state index < -0.39 is 0 Å². The fourth-order valence-electron chi connectivity index (χ4n) is 3.61. The van der Waals surface area contributed by atoms with Gasteiger partial charge in [0.2, 0.25) is 0 Å². The van der Waals surface area contributed by atoms with E-state index in [2.05, 4.69) is 32.6 Å². The molecule has 0 fully saturated rings. The second-order valence-corrected chi connectivity index (χ2v) is 10.9. The Hall–Kier alpha value is -3.17. The summed E-state index contributed by atoms with van der Waals surface area (Å²) >= 11 is 15.4. The number of carbonyl (C=O) groups is 1. The van der Waals surface area contributed by atoms with E-state index in [0.717, 1.165) is 33.3 Å². The van der Waals surface area contributed by atoms with Gasteiger partial charge in [-0.2, -0.15) is 0 Å². The fourth-order valence-corrected chi connectivity index (χ4v) is 5.67. The van der Waals surface area contributed by atoms with Crippen LogP contribution >= 0.6 is 46.3 Å². The highest BCUT2D eigenvalue weighted by atomic mass is 35.5. The normalized spacial score (nSPS) is 11.0. The van der Waals surface area contributed by atoms with Gasteiger partial charge in [-0.1, -0.05) is 83.0 Å². The predicted octanol–water partition coefficient (Wildman–Crippen LogP) is 7.47. The average Bonchev–Trinajstić information content (AvgIpc) is 3.54. The van der Waals surface area contributed by atoms with Gasteiger partial charge >= 0.3 is 0 Å². The summed E-state index contributed by atoms with van der Waals surface area (Å²) in [6.45, 7) is 2.00. The summed E-state index contributed by atoms with van der Waals surface area (Å²) in [7, 11) is 0. The highest BCUT2D eigenvalue weighted by Gasteiger charge is 2.18. The number of anilines is 1. The molecule has 1 N–H and O–H groups in total. The van der Waals surface area contributed by atoms with Gasteiger partial charge in [-0.15, -0.1) is 21.5 Å². The van der Waals surface area contributed by atoms with E-state index in [4.69, 9.17) is 23.2 Å². The highest BCUT2D eigenvalue weighted by molar-refractivity contribution is 7.98. The summed E-state index contributed by atoms with van der Waals surface area (Å²) in [6, 6.07) is 23.2. The minimum Gasteiger partial charge on any atom is -0.321 e. The van der Waals surface area contributed by atoms with E-state index in [1.54, 1.807) is 11.4 Å². The lowest BCUT2D eigenvalue weighted by atomic mass is 10.1. The first kappa shape index (κ1) is 25.5. The van der Waals surface area contributed by atoms with Gasteiger partial charge in [0.1, 0.15) is 16.5 Å². The molecule has 0 saturated carbocycles. The van der Waals surface area contributed by atoms with Gasteiger partial charge in [0.05, 0.1) is 21.5 Å². The minimum absolute atomic E-state index is 0.236. The number of benzene rings is 3. The molecule has 0 spiro atoms. The van der Waals surface area contributed by atoms with E-state index in [0.29, 0.717) is 33.1 Å². The standard InChI is InChI=1S/C27H21Cl2N5OS2/c1-17-7-9-19(10-8-17)30-26(35)23-15-36-25(31-23)16-37-27-33-32-24(13-18-5-3-2-4-6-18)34(27)20-11-12-21(28)22(29)14-20/h2-12,14-15H,13,16H2,1H3,(H,30,35). The number of nitrogens with zero attached hydrogens (tertiary/aromatic N) is 4. The minimum atomic E-state index is -0.236. The zero-order valence-electron chi connectivity index (χ0n) is 19.7. The molecule has 1 amide bonds. The summed E-state index contributed by atoms with van der Waals surface area (Å²) in [5, 5.41) is 16.0. The Morgan fingerprint density at radius 3 is 2.54 bits per heavy atom. The number of nitrogens with one attached hydrogen (secondary N) is 1. The summed E-state index contributed by atoms with van der Waals surface area (Å²) < 4.78 is 1.98. The SMILES string of the molecule is Cc1ccc(NC(=O)c2csc(CSc3nnc(Cc4ccccc4)n3-c3ccc(Cl)c(Cl)c3)n2)cc1. The van der Waals surface area contributed by atoms with E-state index >= 15 is 0 Å². The van der Waals surface area contributed by atoms with Crippen molar-refractivity contribution in [3.05, 3.63) is 116 Å². The van der Waals surface area contributed by atoms with Crippen molar-refractivity contribution in [2.45, 2.75) is 24.3 Å². The Bertz CT molecular complexity index is 1530. The number of rotatable bonds is 8. The number of thiazole rings is 1. The second kappa shape index (κ2) is 11.5. The molecule has 37 heavy (non-hydrogen) atoms. The van der Waals surface area contributed by atoms with Gasteiger partial charge in [-0.25, -0.2) is 4.98 Å². The molecule has 0 aliphatic rings. The van der Waals surface area contributed by atoms with Crippen LogP contribution < -0.4 is 5.32 Å². The molecule has 0 radical (unpaired) electrons. The Kier molecular flexibility index (Phi) is 7.90. The molecule has 3 aromatic carbocycles. The van der Waals surface area contributed by atoms with Crippen molar-refractivity contribution < 1.29 is 4.79 Å². The molecular weight excluding hydrogens is 545 g/mol. The molecule has 0 aliphatic heterocycles. The predicted molar refractivity (Wildman–Crippen MR) is 151 cm³/mol. The first-order valence-electron chi connectivity index (χ1n) is 11.3. The van der Waals surface area contributed by atoms with Crippen molar-refractivity contribution in [3.63, 3.8) is 0 Å². The van der Waals surface area contributed by atoms with Crippen LogP contribution in [0.4, 0.5) is 5.69 Å². The van der Waals surface area contributed by atoms with Crippen LogP contribution in [0, 0.1) is 6.92 Å². The Labute approximate surface area is 232 Å². The third-order valence-corrected chi connectivity index (χ3v) is 8.20. The Balaban J connectivity index is 1.35. The maximum Gasteiger partial charge on any atom is 0.275 e. The number of carbonyl (C=O) groups excluding carboxylic acids is 1. The molecule has 5 aromatic rings. The van der Waals surface area contributed by atoms with Crippen LogP contribution in [-0.4, -0.2) is 25.7 Å². The van der Waals surface area contributed by atoms with Crippen molar-refractivity contribution >= 4 is 57.9 Å². The van der Waals surface area contributed by atoms with E-state index in [1.807, 2.05) is 66.1 Å². The van der Waals surface area contributed by atoms with Crippen LogP contribution in [0.25, 0.3) is 5.69 Å². The van der Waals surface area contributed by atoms with Crippen molar-refractivity contribution in [1.29, 1.82) is 0 Å². The molecule has 2 heterocycles. The van der Waals surface area contributed by atoms with Gasteiger partial charge in [-0.3, -0.25) is 9.36 Å². The number of aromatic nitrogens is 4. The number of amides is 1. The lowest BCUT2D eigenvalue weighted by Crippen LogP contribution is -2.12. The first-order chi connectivity index (χ1) is 18.0. The fraction of sp³-hybridized carbons (Fsp3) is 0.111. The second-order valence-electron chi connectivity index (χ2n) is 8.23. The third-order valence-electron chi connectivity index (χ3n) is 5.49. The summed E-state index contributed by atoms with van der Waals surface area (Å²) in [4.78, 5) is 17.2. The van der Waals surface area contributed by atoms with Gasteiger partial charge < -0.3 is 5.32 Å². The summed E-state index contributed by atoms with van der Waals surface area (Å²) in [5.41, 5.74) is 4.20. The number of thioether (sulfide) groups is 1. The molecule has 186 valence electrons. The molecule has 0 bridgehead atoms. The van der Waals surface area contributed by atoms with Crippen LogP contribution in [-0.2, 0) is 12.2 Å². The van der Waals surface area contributed by atoms with Crippen LogP contribution in [0.3, 0.4) is 0 Å². The lowest BCUT2D eigenvalue weighted by Gasteiger charge is -2.11. The summed E-state index contributed by atoms with van der Waals surface area (Å²) in [6.07, 6.45) is 0.606. The molecule has 2 aromatic heterocycles. The lowest BCUT2D eigenvalue weighted by molar-refractivity contribution is 0.102. The van der Waals surface area contributed by atoms with Crippen LogP contribution in [0.1, 0.15) is 32.4 Å². The number of halogens is 2. The highest BCUT2D eigenvalue weighted by Crippen LogP contribution is 2.30. The first-order valence-corrected chi connectivity index (χ1v) is 14.0. The van der Waals surface area contributed by atoms with E-state index in [-0.39, 0.29) is 5.91 Å². The van der Waals surface area contributed by atoms with Gasteiger partial charge in [0.15, 0.2) is 5.16 Å². The van der Waals surface area contributed by atoms with Crippen LogP contribution in [0.5, 0.6) is 0 Å². The quantitative estimate of drug-likeness (QED) is 0.197. The largest absolute Gasteiger partial charge is 0.321 e. The molecule has 0 atom stereocenters. The molecule has 0 saturated heterocycles. The van der Waals surface area contributed by atoms with Crippen molar-refractivity contribution in [2.75, 3.05) is 5.32 Å².